The maximum absolute atomic E-state index is 12.5. The summed E-state index contributed by atoms with van der Waals surface area (Å²) in [5.41, 5.74) is 1.67. The van der Waals surface area contributed by atoms with Gasteiger partial charge in [0.2, 0.25) is 0 Å². The highest BCUT2D eigenvalue weighted by atomic mass is 16.5. The van der Waals surface area contributed by atoms with Crippen LogP contribution in [0.25, 0.3) is 6.08 Å². The van der Waals surface area contributed by atoms with Gasteiger partial charge >= 0.3 is 0 Å². The van der Waals surface area contributed by atoms with Crippen molar-refractivity contribution < 1.29 is 19.1 Å². The van der Waals surface area contributed by atoms with E-state index >= 15 is 0 Å². The largest absolute Gasteiger partial charge is 0.493 e. The molecule has 0 bridgehead atoms. The van der Waals surface area contributed by atoms with Gasteiger partial charge in [-0.3, -0.25) is 9.59 Å². The molecule has 6 heteroatoms. The Hall–Kier alpha value is -3.28. The van der Waals surface area contributed by atoms with Crippen LogP contribution in [0.5, 0.6) is 11.5 Å². The zero-order valence-electron chi connectivity index (χ0n) is 16.8. The monoisotopic (exact) mass is 394 g/mol. The Morgan fingerprint density at radius 2 is 1.66 bits per heavy atom. The molecule has 0 spiro atoms. The number of amides is 2. The molecule has 1 aliphatic rings. The summed E-state index contributed by atoms with van der Waals surface area (Å²) in [5.74, 6) is 1.02. The summed E-state index contributed by atoms with van der Waals surface area (Å²) in [6.07, 6.45) is 3.91. The number of carbonyl (C=O) groups excluding carboxylic acids is 2. The molecule has 0 saturated carbocycles. The van der Waals surface area contributed by atoms with E-state index in [9.17, 15) is 9.59 Å². The Labute approximate surface area is 171 Å². The fourth-order valence-electron chi connectivity index (χ4n) is 3.25. The van der Waals surface area contributed by atoms with Crippen LogP contribution in [0.4, 0.5) is 0 Å². The van der Waals surface area contributed by atoms with Crippen molar-refractivity contribution in [1.82, 2.24) is 9.80 Å². The average Bonchev–Trinajstić information content (AvgIpc) is 2.78. The van der Waals surface area contributed by atoms with Crippen LogP contribution in [-0.4, -0.2) is 61.5 Å². The number of carbonyl (C=O) groups is 2. The van der Waals surface area contributed by atoms with Crippen molar-refractivity contribution in [2.24, 2.45) is 0 Å². The summed E-state index contributed by atoms with van der Waals surface area (Å²) in [4.78, 5) is 28.6. The molecule has 1 fully saturated rings. The van der Waals surface area contributed by atoms with Crippen molar-refractivity contribution in [3.8, 4) is 11.5 Å². The smallest absolute Gasteiger partial charge is 0.260 e. The van der Waals surface area contributed by atoms with E-state index in [1.165, 1.54) is 0 Å². The maximum atomic E-state index is 12.5. The second-order valence-electron chi connectivity index (χ2n) is 6.74. The number of benzene rings is 2. The molecule has 0 N–H and O–H groups in total. The fraction of sp³-hybridized carbons (Fsp3) is 0.304. The van der Waals surface area contributed by atoms with Crippen molar-refractivity contribution in [2.75, 3.05) is 39.9 Å². The second kappa shape index (κ2) is 9.78. The third kappa shape index (κ3) is 5.16. The zero-order valence-corrected chi connectivity index (χ0v) is 16.8. The van der Waals surface area contributed by atoms with E-state index in [4.69, 9.17) is 9.47 Å². The molecule has 152 valence electrons. The van der Waals surface area contributed by atoms with Gasteiger partial charge in [-0.1, -0.05) is 36.4 Å². The normalized spacial score (nSPS) is 14.1. The summed E-state index contributed by atoms with van der Waals surface area (Å²) in [5, 5.41) is 0. The molecule has 6 nitrogen and oxygen atoms in total. The van der Waals surface area contributed by atoms with E-state index in [2.05, 4.69) is 0 Å². The first kappa shape index (κ1) is 20.5. The van der Waals surface area contributed by atoms with Gasteiger partial charge in [0.15, 0.2) is 18.1 Å². The predicted octanol–water partition coefficient (Wildman–Crippen LogP) is 3.09. The van der Waals surface area contributed by atoms with Gasteiger partial charge in [-0.15, -0.1) is 0 Å². The number of allylic oxidation sites excluding steroid dienone is 1. The van der Waals surface area contributed by atoms with Gasteiger partial charge in [0.25, 0.3) is 11.8 Å². The summed E-state index contributed by atoms with van der Waals surface area (Å²) in [6, 6.07) is 14.8. The SMILES string of the molecule is C/C=C/c1ccc(OCC(=O)N2CCN(C(=O)c3ccccc3)CC2)c(OC)c1. The molecule has 3 rings (SSSR count). The van der Waals surface area contributed by atoms with E-state index in [0.29, 0.717) is 43.2 Å². The van der Waals surface area contributed by atoms with Gasteiger partial charge in [-0.05, 0) is 36.8 Å². The standard InChI is InChI=1S/C23H26N2O4/c1-3-7-18-10-11-20(21(16-18)28-2)29-17-22(26)24-12-14-25(15-13-24)23(27)19-8-5-4-6-9-19/h3-11,16H,12-15,17H2,1-2H3/b7-3+. The highest BCUT2D eigenvalue weighted by Crippen LogP contribution is 2.28. The van der Waals surface area contributed by atoms with Crippen LogP contribution in [-0.2, 0) is 4.79 Å². The molecule has 0 aliphatic carbocycles. The fourth-order valence-corrected chi connectivity index (χ4v) is 3.25. The van der Waals surface area contributed by atoms with Crippen molar-refractivity contribution in [2.45, 2.75) is 6.92 Å². The van der Waals surface area contributed by atoms with Crippen LogP contribution in [0.1, 0.15) is 22.8 Å². The highest BCUT2D eigenvalue weighted by Gasteiger charge is 2.25. The van der Waals surface area contributed by atoms with Crippen LogP contribution < -0.4 is 9.47 Å². The first-order valence-electron chi connectivity index (χ1n) is 9.68. The van der Waals surface area contributed by atoms with Gasteiger partial charge in [0, 0.05) is 31.7 Å². The molecular formula is C23H26N2O4. The summed E-state index contributed by atoms with van der Waals surface area (Å²) < 4.78 is 11.1. The van der Waals surface area contributed by atoms with Gasteiger partial charge in [0.1, 0.15) is 0 Å². The van der Waals surface area contributed by atoms with Crippen molar-refractivity contribution >= 4 is 17.9 Å². The van der Waals surface area contributed by atoms with E-state index in [1.54, 1.807) is 23.0 Å². The highest BCUT2D eigenvalue weighted by molar-refractivity contribution is 5.94. The van der Waals surface area contributed by atoms with E-state index < -0.39 is 0 Å². The number of nitrogens with zero attached hydrogens (tertiary/aromatic N) is 2. The Morgan fingerprint density at radius 1 is 0.966 bits per heavy atom. The topological polar surface area (TPSA) is 59.1 Å². The van der Waals surface area contributed by atoms with E-state index in [0.717, 1.165) is 5.56 Å². The van der Waals surface area contributed by atoms with Crippen LogP contribution in [0, 0.1) is 0 Å². The Morgan fingerprint density at radius 3 is 2.31 bits per heavy atom. The molecule has 2 aromatic rings. The molecule has 2 aromatic carbocycles. The molecule has 1 aliphatic heterocycles. The number of piperazine rings is 1. The summed E-state index contributed by atoms with van der Waals surface area (Å²) in [7, 11) is 1.58. The lowest BCUT2D eigenvalue weighted by Gasteiger charge is -2.34. The van der Waals surface area contributed by atoms with Gasteiger partial charge in [-0.2, -0.15) is 0 Å². The van der Waals surface area contributed by atoms with Crippen molar-refractivity contribution in [1.29, 1.82) is 0 Å². The Balaban J connectivity index is 1.52. The first-order chi connectivity index (χ1) is 14.1. The van der Waals surface area contributed by atoms with Crippen molar-refractivity contribution in [3.63, 3.8) is 0 Å². The molecule has 0 radical (unpaired) electrons. The van der Waals surface area contributed by atoms with Crippen LogP contribution in [0.2, 0.25) is 0 Å². The van der Waals surface area contributed by atoms with Crippen LogP contribution >= 0.6 is 0 Å². The minimum absolute atomic E-state index is 0.0000889. The predicted molar refractivity (Wildman–Crippen MR) is 112 cm³/mol. The second-order valence-corrected chi connectivity index (χ2v) is 6.74. The summed E-state index contributed by atoms with van der Waals surface area (Å²) in [6.45, 7) is 3.91. The van der Waals surface area contributed by atoms with Gasteiger partial charge in [0.05, 0.1) is 7.11 Å². The number of rotatable bonds is 6. The minimum Gasteiger partial charge on any atom is -0.493 e. The average molecular weight is 394 g/mol. The minimum atomic E-state index is -0.101. The molecule has 0 aromatic heterocycles. The maximum Gasteiger partial charge on any atom is 0.260 e. The molecule has 1 heterocycles. The van der Waals surface area contributed by atoms with Gasteiger partial charge < -0.3 is 19.3 Å². The lowest BCUT2D eigenvalue weighted by atomic mass is 10.2. The molecular weight excluding hydrogens is 368 g/mol. The third-order valence-electron chi connectivity index (χ3n) is 4.84. The lowest BCUT2D eigenvalue weighted by molar-refractivity contribution is -0.134. The van der Waals surface area contributed by atoms with Crippen molar-refractivity contribution in [3.05, 3.63) is 65.7 Å². The Bertz CT molecular complexity index is 872. The summed E-state index contributed by atoms with van der Waals surface area (Å²) >= 11 is 0. The number of methoxy groups -OCH3 is 1. The van der Waals surface area contributed by atoms with Gasteiger partial charge in [-0.25, -0.2) is 0 Å². The Kier molecular flexibility index (Phi) is 6.89. The molecule has 2 amide bonds. The van der Waals surface area contributed by atoms with E-state index in [-0.39, 0.29) is 18.4 Å². The molecule has 29 heavy (non-hydrogen) atoms. The molecule has 1 saturated heterocycles. The molecule has 0 atom stereocenters. The zero-order chi connectivity index (χ0) is 20.6. The number of hydrogen-bond acceptors (Lipinski definition) is 4. The first-order valence-corrected chi connectivity index (χ1v) is 9.68. The van der Waals surface area contributed by atoms with Crippen LogP contribution in [0.15, 0.2) is 54.6 Å². The lowest BCUT2D eigenvalue weighted by Crippen LogP contribution is -2.51. The molecule has 0 unspecified atom stereocenters. The quantitative estimate of drug-likeness (QED) is 0.756. The van der Waals surface area contributed by atoms with E-state index in [1.807, 2.05) is 61.5 Å². The number of hydrogen-bond donors (Lipinski definition) is 0. The third-order valence-corrected chi connectivity index (χ3v) is 4.84. The number of ether oxygens (including phenoxy) is 2. The van der Waals surface area contributed by atoms with Crippen LogP contribution in [0.3, 0.4) is 0 Å².